The zero-order valence-electron chi connectivity index (χ0n) is 14.2. The van der Waals surface area contributed by atoms with E-state index in [9.17, 15) is 4.79 Å². The van der Waals surface area contributed by atoms with Crippen LogP contribution in [0.3, 0.4) is 0 Å². The maximum absolute atomic E-state index is 12.3. The number of methoxy groups -OCH3 is 1. The van der Waals surface area contributed by atoms with Gasteiger partial charge in [0.1, 0.15) is 5.75 Å². The first-order valence-corrected chi connectivity index (χ1v) is 8.20. The number of nitrogens with zero attached hydrogens (tertiary/aromatic N) is 1. The number of ether oxygens (including phenoxy) is 1. The summed E-state index contributed by atoms with van der Waals surface area (Å²) in [6, 6.07) is 4.61. The lowest BCUT2D eigenvalue weighted by molar-refractivity contribution is -0.116. The monoisotopic (exact) mass is 304 g/mol. The Hall–Kier alpha value is -1.55. The Morgan fingerprint density at radius 2 is 2.14 bits per heavy atom. The van der Waals surface area contributed by atoms with Crippen LogP contribution in [0.4, 0.5) is 5.69 Å². The molecule has 0 spiro atoms. The van der Waals surface area contributed by atoms with Crippen molar-refractivity contribution in [2.75, 3.05) is 25.5 Å². The van der Waals surface area contributed by atoms with E-state index in [2.05, 4.69) is 23.2 Å². The number of carbonyl (C=O) groups is 1. The summed E-state index contributed by atoms with van der Waals surface area (Å²) in [5.74, 6) is 0.792. The van der Waals surface area contributed by atoms with Gasteiger partial charge in [0.25, 0.3) is 0 Å². The highest BCUT2D eigenvalue weighted by Gasteiger charge is 2.19. The first-order chi connectivity index (χ1) is 10.5. The van der Waals surface area contributed by atoms with E-state index in [4.69, 9.17) is 4.74 Å². The zero-order valence-corrected chi connectivity index (χ0v) is 14.2. The van der Waals surface area contributed by atoms with Crippen LogP contribution in [0.5, 0.6) is 5.75 Å². The molecule has 1 amide bonds. The molecule has 2 rings (SSSR count). The van der Waals surface area contributed by atoms with Gasteiger partial charge in [-0.3, -0.25) is 4.79 Å². The van der Waals surface area contributed by atoms with Crippen molar-refractivity contribution < 1.29 is 9.53 Å². The fourth-order valence-corrected chi connectivity index (χ4v) is 3.19. The molecule has 1 heterocycles. The lowest BCUT2D eigenvalue weighted by Crippen LogP contribution is -2.39. The summed E-state index contributed by atoms with van der Waals surface area (Å²) in [7, 11) is 1.64. The van der Waals surface area contributed by atoms with E-state index in [1.165, 1.54) is 19.3 Å². The van der Waals surface area contributed by atoms with E-state index in [0.29, 0.717) is 12.5 Å². The van der Waals surface area contributed by atoms with Gasteiger partial charge in [-0.1, -0.05) is 12.5 Å². The van der Waals surface area contributed by atoms with Crippen LogP contribution in [0.2, 0.25) is 0 Å². The zero-order chi connectivity index (χ0) is 16.1. The minimum Gasteiger partial charge on any atom is -0.495 e. The summed E-state index contributed by atoms with van der Waals surface area (Å²) in [5, 5.41) is 3.02. The highest BCUT2D eigenvalue weighted by Crippen LogP contribution is 2.29. The summed E-state index contributed by atoms with van der Waals surface area (Å²) in [6.07, 6.45) is 4.33. The van der Waals surface area contributed by atoms with Gasteiger partial charge >= 0.3 is 0 Å². The Morgan fingerprint density at radius 3 is 2.82 bits per heavy atom. The molecule has 0 aliphatic carbocycles. The molecular weight excluding hydrogens is 276 g/mol. The fourth-order valence-electron chi connectivity index (χ4n) is 3.19. The summed E-state index contributed by atoms with van der Waals surface area (Å²) >= 11 is 0. The molecule has 1 unspecified atom stereocenters. The molecule has 0 saturated carbocycles. The number of hydrogen-bond acceptors (Lipinski definition) is 3. The van der Waals surface area contributed by atoms with Gasteiger partial charge in [0.15, 0.2) is 0 Å². The van der Waals surface area contributed by atoms with Crippen LogP contribution < -0.4 is 10.1 Å². The van der Waals surface area contributed by atoms with Gasteiger partial charge in [0.05, 0.1) is 12.8 Å². The second kappa shape index (κ2) is 7.63. The van der Waals surface area contributed by atoms with Crippen LogP contribution in [0.1, 0.15) is 43.7 Å². The number of aryl methyl sites for hydroxylation is 2. The average molecular weight is 304 g/mol. The van der Waals surface area contributed by atoms with E-state index in [0.717, 1.165) is 35.7 Å². The second-order valence-electron chi connectivity index (χ2n) is 6.34. The quantitative estimate of drug-likeness (QED) is 0.905. The molecule has 1 aliphatic rings. The largest absolute Gasteiger partial charge is 0.495 e. The maximum atomic E-state index is 12.3. The number of amides is 1. The lowest BCUT2D eigenvalue weighted by Gasteiger charge is -2.33. The number of piperidine rings is 1. The molecular formula is C18H28N2O2. The van der Waals surface area contributed by atoms with Gasteiger partial charge in [-0.15, -0.1) is 0 Å². The molecule has 4 nitrogen and oxygen atoms in total. The Morgan fingerprint density at radius 1 is 1.36 bits per heavy atom. The molecule has 0 bridgehead atoms. The summed E-state index contributed by atoms with van der Waals surface area (Å²) < 4.78 is 5.39. The highest BCUT2D eigenvalue weighted by atomic mass is 16.5. The van der Waals surface area contributed by atoms with Crippen LogP contribution in [-0.4, -0.2) is 37.0 Å². The molecule has 1 saturated heterocycles. The molecule has 1 fully saturated rings. The molecule has 0 radical (unpaired) electrons. The van der Waals surface area contributed by atoms with Crippen molar-refractivity contribution in [2.24, 2.45) is 0 Å². The molecule has 1 N–H and O–H groups in total. The highest BCUT2D eigenvalue weighted by molar-refractivity contribution is 5.93. The molecule has 0 aromatic heterocycles. The summed E-state index contributed by atoms with van der Waals surface area (Å²) in [6.45, 7) is 8.22. The van der Waals surface area contributed by atoms with Gasteiger partial charge in [0, 0.05) is 19.0 Å². The molecule has 1 aromatic rings. The van der Waals surface area contributed by atoms with Crippen molar-refractivity contribution in [3.8, 4) is 5.75 Å². The standard InChI is InChI=1S/C18H28N2O2/c1-13-11-14(2)18(16(12-13)22-4)19-17(21)8-10-20-9-6-5-7-15(20)3/h11-12,15H,5-10H2,1-4H3,(H,19,21). The Labute approximate surface area is 133 Å². The number of carbonyl (C=O) groups excluding carboxylic acids is 1. The van der Waals surface area contributed by atoms with E-state index in [1.807, 2.05) is 19.9 Å². The van der Waals surface area contributed by atoms with Gasteiger partial charge in [-0.2, -0.15) is 0 Å². The van der Waals surface area contributed by atoms with Crippen molar-refractivity contribution in [1.29, 1.82) is 0 Å². The summed E-state index contributed by atoms with van der Waals surface area (Å²) in [4.78, 5) is 14.7. The Kier molecular flexibility index (Phi) is 5.83. The van der Waals surface area contributed by atoms with Crippen LogP contribution >= 0.6 is 0 Å². The number of rotatable bonds is 5. The van der Waals surface area contributed by atoms with Crippen LogP contribution in [0, 0.1) is 13.8 Å². The lowest BCUT2D eigenvalue weighted by atomic mass is 10.0. The predicted molar refractivity (Wildman–Crippen MR) is 90.6 cm³/mol. The van der Waals surface area contributed by atoms with Gasteiger partial charge in [-0.25, -0.2) is 0 Å². The van der Waals surface area contributed by atoms with Crippen molar-refractivity contribution in [2.45, 2.75) is 52.5 Å². The smallest absolute Gasteiger partial charge is 0.225 e. The minimum atomic E-state index is 0.0584. The van der Waals surface area contributed by atoms with Crippen LogP contribution in [0.25, 0.3) is 0 Å². The molecule has 22 heavy (non-hydrogen) atoms. The molecule has 122 valence electrons. The normalized spacial score (nSPS) is 19.0. The fraction of sp³-hybridized carbons (Fsp3) is 0.611. The average Bonchev–Trinajstić information content (AvgIpc) is 2.49. The summed E-state index contributed by atoms with van der Waals surface area (Å²) in [5.41, 5.74) is 2.97. The predicted octanol–water partition coefficient (Wildman–Crippen LogP) is 3.52. The topological polar surface area (TPSA) is 41.6 Å². The molecule has 1 aromatic carbocycles. The SMILES string of the molecule is COc1cc(C)cc(C)c1NC(=O)CCN1CCCCC1C. The molecule has 1 aliphatic heterocycles. The third-order valence-corrected chi connectivity index (χ3v) is 4.49. The molecule has 4 heteroatoms. The van der Waals surface area contributed by atoms with E-state index < -0.39 is 0 Å². The third kappa shape index (κ3) is 4.23. The van der Waals surface area contributed by atoms with Gasteiger partial charge in [0.2, 0.25) is 5.91 Å². The first kappa shape index (κ1) is 16.8. The molecule has 1 atom stereocenters. The van der Waals surface area contributed by atoms with Crippen molar-refractivity contribution in [3.05, 3.63) is 23.3 Å². The van der Waals surface area contributed by atoms with Gasteiger partial charge < -0.3 is 15.0 Å². The van der Waals surface area contributed by atoms with E-state index >= 15 is 0 Å². The number of anilines is 1. The van der Waals surface area contributed by atoms with E-state index in [-0.39, 0.29) is 5.91 Å². The number of hydrogen-bond donors (Lipinski definition) is 1. The Bertz CT molecular complexity index is 528. The Balaban J connectivity index is 1.94. The first-order valence-electron chi connectivity index (χ1n) is 8.20. The second-order valence-corrected chi connectivity index (χ2v) is 6.34. The van der Waals surface area contributed by atoms with Crippen molar-refractivity contribution in [1.82, 2.24) is 4.90 Å². The van der Waals surface area contributed by atoms with Crippen molar-refractivity contribution >= 4 is 11.6 Å². The number of likely N-dealkylation sites (tertiary alicyclic amines) is 1. The maximum Gasteiger partial charge on any atom is 0.225 e. The van der Waals surface area contributed by atoms with Crippen LogP contribution in [-0.2, 0) is 4.79 Å². The third-order valence-electron chi connectivity index (χ3n) is 4.49. The van der Waals surface area contributed by atoms with Gasteiger partial charge in [-0.05, 0) is 57.4 Å². The van der Waals surface area contributed by atoms with E-state index in [1.54, 1.807) is 7.11 Å². The number of benzene rings is 1. The minimum absolute atomic E-state index is 0.0584. The van der Waals surface area contributed by atoms with Crippen molar-refractivity contribution in [3.63, 3.8) is 0 Å². The number of nitrogens with one attached hydrogen (secondary N) is 1. The van der Waals surface area contributed by atoms with Crippen LogP contribution in [0.15, 0.2) is 12.1 Å².